The second kappa shape index (κ2) is 4.69. The van der Waals surface area contributed by atoms with Gasteiger partial charge >= 0.3 is 0 Å². The smallest absolute Gasteiger partial charge is 0.0587 e. The SMILES string of the molecule is CC(C)C(C)Nc1cc(Br)ccc1N. The molecule has 3 heteroatoms. The van der Waals surface area contributed by atoms with Crippen molar-refractivity contribution in [2.75, 3.05) is 11.1 Å². The molecule has 2 nitrogen and oxygen atoms in total. The molecule has 0 aromatic heterocycles. The van der Waals surface area contributed by atoms with E-state index in [1.165, 1.54) is 0 Å². The summed E-state index contributed by atoms with van der Waals surface area (Å²) in [5.41, 5.74) is 7.65. The quantitative estimate of drug-likeness (QED) is 0.813. The second-order valence-corrected chi connectivity index (χ2v) is 4.82. The number of nitrogens with one attached hydrogen (secondary N) is 1. The van der Waals surface area contributed by atoms with Crippen LogP contribution in [0.5, 0.6) is 0 Å². The molecular weight excluding hydrogens is 240 g/mol. The van der Waals surface area contributed by atoms with E-state index in [0.717, 1.165) is 15.8 Å². The minimum absolute atomic E-state index is 0.423. The molecule has 14 heavy (non-hydrogen) atoms. The van der Waals surface area contributed by atoms with Gasteiger partial charge < -0.3 is 11.1 Å². The monoisotopic (exact) mass is 256 g/mol. The summed E-state index contributed by atoms with van der Waals surface area (Å²) in [5.74, 6) is 0.591. The molecular formula is C11H17BrN2. The third-order valence-corrected chi connectivity index (χ3v) is 2.89. The summed E-state index contributed by atoms with van der Waals surface area (Å²) in [4.78, 5) is 0. The van der Waals surface area contributed by atoms with Crippen LogP contribution < -0.4 is 11.1 Å². The molecule has 78 valence electrons. The minimum Gasteiger partial charge on any atom is -0.397 e. The van der Waals surface area contributed by atoms with Gasteiger partial charge in [0, 0.05) is 10.5 Å². The first-order valence-electron chi connectivity index (χ1n) is 4.82. The van der Waals surface area contributed by atoms with Gasteiger partial charge in [0.05, 0.1) is 11.4 Å². The minimum atomic E-state index is 0.423. The van der Waals surface area contributed by atoms with Crippen LogP contribution >= 0.6 is 15.9 Å². The van der Waals surface area contributed by atoms with Crippen molar-refractivity contribution in [3.8, 4) is 0 Å². The molecule has 3 N–H and O–H groups in total. The van der Waals surface area contributed by atoms with Gasteiger partial charge in [-0.25, -0.2) is 0 Å². The van der Waals surface area contributed by atoms with E-state index in [1.807, 2.05) is 18.2 Å². The molecule has 0 spiro atoms. The Hall–Kier alpha value is -0.700. The van der Waals surface area contributed by atoms with Crippen LogP contribution in [0.3, 0.4) is 0 Å². The molecule has 0 saturated carbocycles. The Bertz CT molecular complexity index is 310. The fraction of sp³-hybridized carbons (Fsp3) is 0.455. The Labute approximate surface area is 94.0 Å². The maximum atomic E-state index is 5.85. The van der Waals surface area contributed by atoms with E-state index < -0.39 is 0 Å². The zero-order valence-electron chi connectivity index (χ0n) is 8.84. The molecule has 1 unspecified atom stereocenters. The van der Waals surface area contributed by atoms with Gasteiger partial charge in [-0.2, -0.15) is 0 Å². The predicted molar refractivity (Wildman–Crippen MR) is 66.5 cm³/mol. The van der Waals surface area contributed by atoms with Gasteiger partial charge in [0.25, 0.3) is 0 Å². The Morgan fingerprint density at radius 3 is 2.50 bits per heavy atom. The maximum Gasteiger partial charge on any atom is 0.0587 e. The Kier molecular flexibility index (Phi) is 3.81. The lowest BCUT2D eigenvalue weighted by atomic mass is 10.1. The van der Waals surface area contributed by atoms with E-state index in [1.54, 1.807) is 0 Å². The Balaban J connectivity index is 2.80. The van der Waals surface area contributed by atoms with Gasteiger partial charge in [0.1, 0.15) is 0 Å². The van der Waals surface area contributed by atoms with Crippen molar-refractivity contribution in [2.45, 2.75) is 26.8 Å². The fourth-order valence-corrected chi connectivity index (χ4v) is 1.43. The number of halogens is 1. The summed E-state index contributed by atoms with van der Waals surface area (Å²) in [5, 5.41) is 3.40. The van der Waals surface area contributed by atoms with E-state index in [9.17, 15) is 0 Å². The van der Waals surface area contributed by atoms with Gasteiger partial charge in [-0.1, -0.05) is 29.8 Å². The van der Waals surface area contributed by atoms with Gasteiger partial charge in [0.15, 0.2) is 0 Å². The summed E-state index contributed by atoms with van der Waals surface area (Å²) in [6, 6.07) is 6.28. The molecule has 1 atom stereocenters. The number of hydrogen-bond donors (Lipinski definition) is 2. The van der Waals surface area contributed by atoms with Crippen LogP contribution in [0.2, 0.25) is 0 Å². The number of nitrogens with two attached hydrogens (primary N) is 1. The van der Waals surface area contributed by atoms with Crippen LogP contribution in [0.1, 0.15) is 20.8 Å². The van der Waals surface area contributed by atoms with Crippen molar-refractivity contribution >= 4 is 27.3 Å². The molecule has 0 aliphatic heterocycles. The van der Waals surface area contributed by atoms with Crippen molar-refractivity contribution in [3.63, 3.8) is 0 Å². The summed E-state index contributed by atoms with van der Waals surface area (Å²) in [7, 11) is 0. The maximum absolute atomic E-state index is 5.85. The summed E-state index contributed by atoms with van der Waals surface area (Å²) in [6.45, 7) is 6.53. The first kappa shape index (κ1) is 11.4. The standard InChI is InChI=1S/C11H17BrN2/c1-7(2)8(3)14-11-6-9(12)4-5-10(11)13/h4-8,14H,13H2,1-3H3. The Morgan fingerprint density at radius 2 is 1.93 bits per heavy atom. The molecule has 1 rings (SSSR count). The average molecular weight is 257 g/mol. The lowest BCUT2D eigenvalue weighted by Gasteiger charge is -2.20. The third kappa shape index (κ3) is 2.91. The molecule has 0 saturated heterocycles. The average Bonchev–Trinajstić information content (AvgIpc) is 2.11. The highest BCUT2D eigenvalue weighted by molar-refractivity contribution is 9.10. The lowest BCUT2D eigenvalue weighted by Crippen LogP contribution is -2.22. The topological polar surface area (TPSA) is 38.0 Å². The third-order valence-electron chi connectivity index (χ3n) is 2.40. The molecule has 0 fully saturated rings. The van der Waals surface area contributed by atoms with Crippen LogP contribution in [0.4, 0.5) is 11.4 Å². The van der Waals surface area contributed by atoms with Crippen molar-refractivity contribution in [2.24, 2.45) is 5.92 Å². The van der Waals surface area contributed by atoms with E-state index in [0.29, 0.717) is 12.0 Å². The Morgan fingerprint density at radius 1 is 1.29 bits per heavy atom. The highest BCUT2D eigenvalue weighted by Crippen LogP contribution is 2.24. The second-order valence-electron chi connectivity index (χ2n) is 3.91. The van der Waals surface area contributed by atoms with Gasteiger partial charge in [-0.3, -0.25) is 0 Å². The van der Waals surface area contributed by atoms with Crippen molar-refractivity contribution < 1.29 is 0 Å². The predicted octanol–water partition coefficient (Wildman–Crippen LogP) is 3.49. The first-order chi connectivity index (χ1) is 6.50. The lowest BCUT2D eigenvalue weighted by molar-refractivity contribution is 0.560. The number of benzene rings is 1. The highest BCUT2D eigenvalue weighted by atomic mass is 79.9. The van der Waals surface area contributed by atoms with Crippen LogP contribution in [0.15, 0.2) is 22.7 Å². The molecule has 0 heterocycles. The van der Waals surface area contributed by atoms with Crippen molar-refractivity contribution in [1.82, 2.24) is 0 Å². The van der Waals surface area contributed by atoms with Crippen LogP contribution in [-0.2, 0) is 0 Å². The number of hydrogen-bond acceptors (Lipinski definition) is 2. The molecule has 0 bridgehead atoms. The van der Waals surface area contributed by atoms with Crippen LogP contribution in [0.25, 0.3) is 0 Å². The first-order valence-corrected chi connectivity index (χ1v) is 5.61. The normalized spacial score (nSPS) is 12.9. The summed E-state index contributed by atoms with van der Waals surface area (Å²) < 4.78 is 1.05. The van der Waals surface area contributed by atoms with E-state index in [4.69, 9.17) is 5.73 Å². The summed E-state index contributed by atoms with van der Waals surface area (Å²) >= 11 is 3.43. The van der Waals surface area contributed by atoms with Gasteiger partial charge in [-0.05, 0) is 31.0 Å². The zero-order chi connectivity index (χ0) is 10.7. The van der Waals surface area contributed by atoms with Crippen molar-refractivity contribution in [3.05, 3.63) is 22.7 Å². The summed E-state index contributed by atoms with van der Waals surface area (Å²) in [6.07, 6.45) is 0. The van der Waals surface area contributed by atoms with Crippen LogP contribution in [0, 0.1) is 5.92 Å². The van der Waals surface area contributed by atoms with E-state index >= 15 is 0 Å². The molecule has 0 amide bonds. The van der Waals surface area contributed by atoms with Gasteiger partial charge in [-0.15, -0.1) is 0 Å². The fourth-order valence-electron chi connectivity index (χ4n) is 1.07. The zero-order valence-corrected chi connectivity index (χ0v) is 10.4. The number of rotatable bonds is 3. The number of nitrogen functional groups attached to an aromatic ring is 1. The molecule has 1 aromatic rings. The largest absolute Gasteiger partial charge is 0.397 e. The molecule has 0 radical (unpaired) electrons. The van der Waals surface area contributed by atoms with E-state index in [2.05, 4.69) is 42.0 Å². The molecule has 0 aliphatic rings. The molecule has 1 aromatic carbocycles. The van der Waals surface area contributed by atoms with E-state index in [-0.39, 0.29) is 0 Å². The van der Waals surface area contributed by atoms with Gasteiger partial charge in [0.2, 0.25) is 0 Å². The molecule has 0 aliphatic carbocycles. The van der Waals surface area contributed by atoms with Crippen LogP contribution in [-0.4, -0.2) is 6.04 Å². The van der Waals surface area contributed by atoms with Crippen molar-refractivity contribution in [1.29, 1.82) is 0 Å². The number of anilines is 2. The highest BCUT2D eigenvalue weighted by Gasteiger charge is 2.08.